The summed E-state index contributed by atoms with van der Waals surface area (Å²) in [5.41, 5.74) is 7.06. The molecule has 1 atom stereocenters. The van der Waals surface area contributed by atoms with Gasteiger partial charge in [0.1, 0.15) is 5.60 Å². The van der Waals surface area contributed by atoms with Crippen LogP contribution in [-0.2, 0) is 12.0 Å². The molecule has 14 heavy (non-hydrogen) atoms. The molecule has 3 N–H and O–H groups in total. The second-order valence-electron chi connectivity index (χ2n) is 3.89. The fourth-order valence-corrected chi connectivity index (χ4v) is 2.48. The number of hydrogen-bond donors (Lipinski definition) is 2. The summed E-state index contributed by atoms with van der Waals surface area (Å²) in [5.74, 6) is 0. The van der Waals surface area contributed by atoms with Gasteiger partial charge in [0.2, 0.25) is 0 Å². The minimum atomic E-state index is -0.808. The summed E-state index contributed by atoms with van der Waals surface area (Å²) in [6, 6.07) is 6.07. The molecule has 1 aromatic carbocycles. The Morgan fingerprint density at radius 1 is 1.50 bits per heavy atom. The molecule has 1 aliphatic rings. The number of nitrogens with two attached hydrogens (primary N) is 1. The monoisotopic (exact) mass is 255 g/mol. The van der Waals surface area contributed by atoms with E-state index in [-0.39, 0.29) is 0 Å². The maximum atomic E-state index is 10.3. The van der Waals surface area contributed by atoms with Gasteiger partial charge in [-0.3, -0.25) is 0 Å². The van der Waals surface area contributed by atoms with Crippen LogP contribution < -0.4 is 5.73 Å². The van der Waals surface area contributed by atoms with Crippen LogP contribution in [0.4, 0.5) is 0 Å². The Morgan fingerprint density at radius 3 is 3.00 bits per heavy atom. The molecule has 0 saturated carbocycles. The highest BCUT2D eigenvalue weighted by Gasteiger charge is 2.32. The smallest absolute Gasteiger partial charge is 0.102 e. The normalized spacial score (nSPS) is 25.9. The second kappa shape index (κ2) is 3.65. The first-order valence-electron chi connectivity index (χ1n) is 4.87. The van der Waals surface area contributed by atoms with Crippen molar-refractivity contribution in [3.63, 3.8) is 0 Å². The molecule has 3 heteroatoms. The van der Waals surface area contributed by atoms with Crippen LogP contribution in [0.2, 0.25) is 0 Å². The molecule has 0 fully saturated rings. The molecule has 0 amide bonds. The van der Waals surface area contributed by atoms with Gasteiger partial charge in [-0.1, -0.05) is 22.0 Å². The van der Waals surface area contributed by atoms with Gasteiger partial charge in [-0.05, 0) is 42.5 Å². The van der Waals surface area contributed by atoms with Gasteiger partial charge in [-0.2, -0.15) is 0 Å². The zero-order valence-corrected chi connectivity index (χ0v) is 9.55. The SMILES string of the molecule is NCC1(O)CCCc2ccc(Br)cc21. The van der Waals surface area contributed by atoms with E-state index in [9.17, 15) is 5.11 Å². The quantitative estimate of drug-likeness (QED) is 0.806. The molecule has 1 aromatic rings. The summed E-state index contributed by atoms with van der Waals surface area (Å²) >= 11 is 3.42. The van der Waals surface area contributed by atoms with Crippen LogP contribution in [0.15, 0.2) is 22.7 Å². The molecule has 1 aliphatic carbocycles. The first kappa shape index (κ1) is 10.1. The van der Waals surface area contributed by atoms with Gasteiger partial charge in [0.25, 0.3) is 0 Å². The van der Waals surface area contributed by atoms with Crippen molar-refractivity contribution in [2.45, 2.75) is 24.9 Å². The van der Waals surface area contributed by atoms with E-state index >= 15 is 0 Å². The van der Waals surface area contributed by atoms with Gasteiger partial charge in [0, 0.05) is 11.0 Å². The first-order chi connectivity index (χ1) is 6.65. The predicted octanol–water partition coefficient (Wildman–Crippen LogP) is 1.93. The van der Waals surface area contributed by atoms with E-state index in [2.05, 4.69) is 22.0 Å². The molecule has 2 rings (SSSR count). The van der Waals surface area contributed by atoms with E-state index in [4.69, 9.17) is 5.73 Å². The van der Waals surface area contributed by atoms with Crippen LogP contribution >= 0.6 is 15.9 Å². The van der Waals surface area contributed by atoms with E-state index in [0.29, 0.717) is 6.54 Å². The Labute approximate surface area is 92.3 Å². The van der Waals surface area contributed by atoms with Crippen molar-refractivity contribution in [1.29, 1.82) is 0 Å². The van der Waals surface area contributed by atoms with E-state index in [1.54, 1.807) is 0 Å². The minimum absolute atomic E-state index is 0.302. The summed E-state index contributed by atoms with van der Waals surface area (Å²) in [5, 5.41) is 10.3. The average Bonchev–Trinajstić information content (AvgIpc) is 2.20. The first-order valence-corrected chi connectivity index (χ1v) is 5.66. The highest BCUT2D eigenvalue weighted by Crippen LogP contribution is 2.35. The standard InChI is InChI=1S/C11H14BrNO/c12-9-4-3-8-2-1-5-11(14,7-13)10(8)6-9/h3-4,6,14H,1-2,5,7,13H2. The number of halogens is 1. The van der Waals surface area contributed by atoms with Gasteiger partial charge < -0.3 is 10.8 Å². The molecule has 1 unspecified atom stereocenters. The van der Waals surface area contributed by atoms with Crippen molar-refractivity contribution in [1.82, 2.24) is 0 Å². The largest absolute Gasteiger partial charge is 0.384 e. The van der Waals surface area contributed by atoms with E-state index in [0.717, 1.165) is 29.3 Å². The van der Waals surface area contributed by atoms with Crippen molar-refractivity contribution in [3.8, 4) is 0 Å². The summed E-state index contributed by atoms with van der Waals surface area (Å²) in [6.45, 7) is 0.302. The molecular weight excluding hydrogens is 242 g/mol. The van der Waals surface area contributed by atoms with Gasteiger partial charge in [-0.15, -0.1) is 0 Å². The van der Waals surface area contributed by atoms with Crippen molar-refractivity contribution < 1.29 is 5.11 Å². The highest BCUT2D eigenvalue weighted by molar-refractivity contribution is 9.10. The Balaban J connectivity index is 2.52. The number of rotatable bonds is 1. The van der Waals surface area contributed by atoms with Gasteiger partial charge in [0.15, 0.2) is 0 Å². The topological polar surface area (TPSA) is 46.2 Å². The van der Waals surface area contributed by atoms with Crippen LogP contribution in [0, 0.1) is 0 Å². The van der Waals surface area contributed by atoms with E-state index in [1.165, 1.54) is 5.56 Å². The number of hydrogen-bond acceptors (Lipinski definition) is 2. The third kappa shape index (κ3) is 1.60. The molecule has 0 saturated heterocycles. The zero-order valence-electron chi connectivity index (χ0n) is 7.96. The summed E-state index contributed by atoms with van der Waals surface area (Å²) < 4.78 is 1.00. The van der Waals surface area contributed by atoms with E-state index < -0.39 is 5.60 Å². The van der Waals surface area contributed by atoms with Crippen LogP contribution in [0.5, 0.6) is 0 Å². The molecule has 0 aromatic heterocycles. The third-order valence-corrected chi connectivity index (χ3v) is 3.44. The lowest BCUT2D eigenvalue weighted by Gasteiger charge is -2.33. The summed E-state index contributed by atoms with van der Waals surface area (Å²) in [7, 11) is 0. The second-order valence-corrected chi connectivity index (χ2v) is 4.81. The Morgan fingerprint density at radius 2 is 2.29 bits per heavy atom. The Hall–Kier alpha value is -0.380. The number of fused-ring (bicyclic) bond motifs is 1. The molecule has 0 aliphatic heterocycles. The lowest BCUT2D eigenvalue weighted by Crippen LogP contribution is -2.38. The lowest BCUT2D eigenvalue weighted by atomic mass is 9.79. The van der Waals surface area contributed by atoms with Crippen molar-refractivity contribution in [3.05, 3.63) is 33.8 Å². The zero-order chi connectivity index (χ0) is 10.2. The van der Waals surface area contributed by atoms with Crippen molar-refractivity contribution in [2.75, 3.05) is 6.54 Å². The van der Waals surface area contributed by atoms with E-state index in [1.807, 2.05) is 12.1 Å². The molecule has 76 valence electrons. The molecule has 0 radical (unpaired) electrons. The number of aryl methyl sites for hydroxylation is 1. The molecule has 0 spiro atoms. The van der Waals surface area contributed by atoms with Crippen LogP contribution in [0.3, 0.4) is 0 Å². The van der Waals surface area contributed by atoms with Crippen molar-refractivity contribution >= 4 is 15.9 Å². The molecular formula is C11H14BrNO. The van der Waals surface area contributed by atoms with Crippen LogP contribution in [0.25, 0.3) is 0 Å². The van der Waals surface area contributed by atoms with Gasteiger partial charge in [0.05, 0.1) is 0 Å². The number of aliphatic hydroxyl groups is 1. The van der Waals surface area contributed by atoms with Crippen molar-refractivity contribution in [2.24, 2.45) is 5.73 Å². The average molecular weight is 256 g/mol. The Bertz CT molecular complexity index is 353. The van der Waals surface area contributed by atoms with Gasteiger partial charge >= 0.3 is 0 Å². The maximum absolute atomic E-state index is 10.3. The third-order valence-electron chi connectivity index (χ3n) is 2.95. The van der Waals surface area contributed by atoms with Crippen LogP contribution in [-0.4, -0.2) is 11.7 Å². The maximum Gasteiger partial charge on any atom is 0.102 e. The predicted molar refractivity (Wildman–Crippen MR) is 60.0 cm³/mol. The fraction of sp³-hybridized carbons (Fsp3) is 0.455. The molecule has 0 heterocycles. The highest BCUT2D eigenvalue weighted by atomic mass is 79.9. The number of benzene rings is 1. The molecule has 2 nitrogen and oxygen atoms in total. The summed E-state index contributed by atoms with van der Waals surface area (Å²) in [4.78, 5) is 0. The lowest BCUT2D eigenvalue weighted by molar-refractivity contribution is 0.0279. The van der Waals surface area contributed by atoms with Crippen LogP contribution in [0.1, 0.15) is 24.0 Å². The molecule has 0 bridgehead atoms. The van der Waals surface area contributed by atoms with Gasteiger partial charge in [-0.25, -0.2) is 0 Å². The summed E-state index contributed by atoms with van der Waals surface area (Å²) in [6.07, 6.45) is 2.83. The minimum Gasteiger partial charge on any atom is -0.384 e. The Kier molecular flexibility index (Phi) is 2.64. The fourth-order valence-electron chi connectivity index (χ4n) is 2.12.